The molecule has 1 aromatic heterocycles. The van der Waals surface area contributed by atoms with Crippen LogP contribution in [0.5, 0.6) is 5.75 Å². The minimum Gasteiger partial charge on any atom is -0.493 e. The van der Waals surface area contributed by atoms with Gasteiger partial charge in [-0.05, 0) is 42.8 Å². The number of nitrogens with zero attached hydrogens (tertiary/aromatic N) is 1. The molecule has 29 heavy (non-hydrogen) atoms. The zero-order valence-corrected chi connectivity index (χ0v) is 16.8. The van der Waals surface area contributed by atoms with Gasteiger partial charge in [-0.15, -0.1) is 11.3 Å². The summed E-state index contributed by atoms with van der Waals surface area (Å²) in [6.45, 7) is 2.22. The molecule has 1 amide bonds. The van der Waals surface area contributed by atoms with Crippen molar-refractivity contribution < 1.29 is 22.7 Å². The van der Waals surface area contributed by atoms with Gasteiger partial charge in [0.2, 0.25) is 0 Å². The Morgan fingerprint density at radius 2 is 2.00 bits per heavy atom. The van der Waals surface area contributed by atoms with Crippen LogP contribution in [-0.4, -0.2) is 17.5 Å². The van der Waals surface area contributed by atoms with Crippen LogP contribution >= 0.6 is 22.9 Å². The van der Waals surface area contributed by atoms with Gasteiger partial charge in [-0.25, -0.2) is 4.98 Å². The topological polar surface area (TPSA) is 51.2 Å². The summed E-state index contributed by atoms with van der Waals surface area (Å²) in [6, 6.07) is 10.2. The normalized spacial score (nSPS) is 11.3. The lowest BCUT2D eigenvalue weighted by Gasteiger charge is -2.12. The van der Waals surface area contributed by atoms with Gasteiger partial charge < -0.3 is 4.74 Å². The molecule has 1 N–H and O–H groups in total. The fourth-order valence-electron chi connectivity index (χ4n) is 2.72. The second kappa shape index (κ2) is 8.84. The first-order valence-corrected chi connectivity index (χ1v) is 9.81. The molecule has 152 valence electrons. The van der Waals surface area contributed by atoms with Crippen LogP contribution in [0.15, 0.2) is 48.7 Å². The van der Waals surface area contributed by atoms with Crippen LogP contribution in [0.3, 0.4) is 0 Å². The van der Waals surface area contributed by atoms with E-state index in [1.807, 2.05) is 6.92 Å². The fourth-order valence-corrected chi connectivity index (χ4v) is 3.75. The number of halogens is 4. The van der Waals surface area contributed by atoms with E-state index in [-0.39, 0.29) is 22.1 Å². The van der Waals surface area contributed by atoms with Crippen LogP contribution < -0.4 is 10.1 Å². The van der Waals surface area contributed by atoms with E-state index in [1.165, 1.54) is 18.3 Å². The van der Waals surface area contributed by atoms with Gasteiger partial charge >= 0.3 is 6.18 Å². The number of para-hydroxylation sites is 1. The van der Waals surface area contributed by atoms with E-state index in [0.29, 0.717) is 22.8 Å². The average Bonchev–Trinajstić information content (AvgIpc) is 3.08. The van der Waals surface area contributed by atoms with Gasteiger partial charge in [0, 0.05) is 22.5 Å². The predicted molar refractivity (Wildman–Crippen MR) is 107 cm³/mol. The molecule has 4 nitrogen and oxygen atoms in total. The monoisotopic (exact) mass is 440 g/mol. The van der Waals surface area contributed by atoms with Crippen molar-refractivity contribution in [3.8, 4) is 5.75 Å². The van der Waals surface area contributed by atoms with Crippen molar-refractivity contribution in [1.29, 1.82) is 0 Å². The van der Waals surface area contributed by atoms with Gasteiger partial charge in [0.15, 0.2) is 5.13 Å². The quantitative estimate of drug-likeness (QED) is 0.507. The van der Waals surface area contributed by atoms with Crippen molar-refractivity contribution in [3.63, 3.8) is 0 Å². The van der Waals surface area contributed by atoms with E-state index in [0.717, 1.165) is 17.4 Å². The maximum Gasteiger partial charge on any atom is 0.416 e. The highest BCUT2D eigenvalue weighted by Crippen LogP contribution is 2.35. The molecular formula is C20H16ClF3N2O2S. The Kier molecular flexibility index (Phi) is 6.44. The maximum atomic E-state index is 13.2. The van der Waals surface area contributed by atoms with Gasteiger partial charge in [0.05, 0.1) is 17.7 Å². The maximum absolute atomic E-state index is 13.2. The molecule has 1 heterocycles. The van der Waals surface area contributed by atoms with Crippen LogP contribution in [0.25, 0.3) is 0 Å². The highest BCUT2D eigenvalue weighted by Gasteiger charge is 2.33. The number of amides is 1. The van der Waals surface area contributed by atoms with E-state index in [4.69, 9.17) is 16.3 Å². The minimum absolute atomic E-state index is 0.00151. The molecule has 0 aliphatic rings. The number of rotatable bonds is 6. The number of nitrogens with one attached hydrogen (secondary N) is 1. The zero-order chi connectivity index (χ0) is 21.0. The summed E-state index contributed by atoms with van der Waals surface area (Å²) in [5, 5.41) is 3.16. The second-order valence-electron chi connectivity index (χ2n) is 5.99. The second-order valence-corrected chi connectivity index (χ2v) is 7.54. The first-order valence-electron chi connectivity index (χ1n) is 8.61. The highest BCUT2D eigenvalue weighted by atomic mass is 35.5. The highest BCUT2D eigenvalue weighted by molar-refractivity contribution is 7.15. The van der Waals surface area contributed by atoms with Crippen LogP contribution in [-0.2, 0) is 12.6 Å². The predicted octanol–water partition coefficient (Wildman–Crippen LogP) is 6.06. The van der Waals surface area contributed by atoms with E-state index < -0.39 is 17.6 Å². The van der Waals surface area contributed by atoms with Crippen LogP contribution in [0, 0.1) is 0 Å². The number of hydrogen-bond acceptors (Lipinski definition) is 4. The molecule has 0 bridgehead atoms. The van der Waals surface area contributed by atoms with Gasteiger partial charge in [-0.2, -0.15) is 13.2 Å². The Hall–Kier alpha value is -2.58. The molecule has 0 aliphatic heterocycles. The smallest absolute Gasteiger partial charge is 0.416 e. The summed E-state index contributed by atoms with van der Waals surface area (Å²) in [5.74, 6) is 0.0340. The number of hydrogen-bond donors (Lipinski definition) is 1. The Morgan fingerprint density at radius 3 is 2.72 bits per heavy atom. The van der Waals surface area contributed by atoms with Gasteiger partial charge in [0.1, 0.15) is 5.75 Å². The molecule has 0 fully saturated rings. The van der Waals surface area contributed by atoms with Gasteiger partial charge in [-0.3, -0.25) is 10.1 Å². The molecule has 0 atom stereocenters. The van der Waals surface area contributed by atoms with Gasteiger partial charge in [-0.1, -0.05) is 23.7 Å². The number of carbonyl (C=O) groups excluding carboxylic acids is 1. The summed E-state index contributed by atoms with van der Waals surface area (Å²) in [7, 11) is 0. The number of ether oxygens (including phenoxy) is 1. The van der Waals surface area contributed by atoms with E-state index >= 15 is 0 Å². The third-order valence-electron chi connectivity index (χ3n) is 3.94. The molecule has 0 aliphatic carbocycles. The Labute approximate surface area is 174 Å². The largest absolute Gasteiger partial charge is 0.493 e. The summed E-state index contributed by atoms with van der Waals surface area (Å²) in [4.78, 5) is 17.2. The van der Waals surface area contributed by atoms with Gasteiger partial charge in [0.25, 0.3) is 5.91 Å². The Morgan fingerprint density at radius 1 is 1.24 bits per heavy atom. The molecular weight excluding hydrogens is 425 g/mol. The van der Waals surface area contributed by atoms with Crippen molar-refractivity contribution in [2.75, 3.05) is 11.9 Å². The summed E-state index contributed by atoms with van der Waals surface area (Å²) < 4.78 is 45.1. The molecule has 0 spiro atoms. The van der Waals surface area contributed by atoms with Crippen molar-refractivity contribution in [3.05, 3.63) is 75.3 Å². The number of thiazole rings is 1. The summed E-state index contributed by atoms with van der Waals surface area (Å²) in [6.07, 6.45) is -3.04. The first-order chi connectivity index (χ1) is 13.8. The molecule has 3 aromatic rings. The number of aromatic nitrogens is 1. The van der Waals surface area contributed by atoms with E-state index in [1.54, 1.807) is 24.3 Å². The Balaban J connectivity index is 1.77. The van der Waals surface area contributed by atoms with E-state index in [9.17, 15) is 18.0 Å². The van der Waals surface area contributed by atoms with Crippen LogP contribution in [0.1, 0.15) is 33.3 Å². The average molecular weight is 441 g/mol. The lowest BCUT2D eigenvalue weighted by molar-refractivity contribution is -0.138. The SMILES string of the molecule is CCOc1ccccc1C(=O)Nc1ncc(Cc2cc(Cl)ccc2C(F)(F)F)s1. The summed E-state index contributed by atoms with van der Waals surface area (Å²) in [5.41, 5.74) is -0.347. The molecule has 0 unspecified atom stereocenters. The zero-order valence-electron chi connectivity index (χ0n) is 15.2. The van der Waals surface area contributed by atoms with Crippen molar-refractivity contribution in [2.45, 2.75) is 19.5 Å². The van der Waals surface area contributed by atoms with E-state index in [2.05, 4.69) is 10.3 Å². The van der Waals surface area contributed by atoms with Crippen molar-refractivity contribution >= 4 is 34.0 Å². The third kappa shape index (κ3) is 5.27. The lowest BCUT2D eigenvalue weighted by Crippen LogP contribution is -2.13. The third-order valence-corrected chi connectivity index (χ3v) is 5.09. The number of alkyl halides is 3. The fraction of sp³-hybridized carbons (Fsp3) is 0.200. The summed E-state index contributed by atoms with van der Waals surface area (Å²) >= 11 is 6.97. The molecule has 0 saturated heterocycles. The molecule has 9 heteroatoms. The first kappa shape index (κ1) is 21.1. The molecule has 2 aromatic carbocycles. The molecule has 3 rings (SSSR count). The van der Waals surface area contributed by atoms with Crippen LogP contribution in [0.4, 0.5) is 18.3 Å². The van der Waals surface area contributed by atoms with Crippen LogP contribution in [0.2, 0.25) is 5.02 Å². The van der Waals surface area contributed by atoms with Crippen molar-refractivity contribution in [2.24, 2.45) is 0 Å². The number of carbonyl (C=O) groups is 1. The molecule has 0 radical (unpaired) electrons. The standard InChI is InChI=1S/C20H16ClF3N2O2S/c1-2-28-17-6-4-3-5-15(17)18(27)26-19-25-11-14(29-19)10-12-9-13(21)7-8-16(12)20(22,23)24/h3-9,11H,2,10H2,1H3,(H,25,26,27). The lowest BCUT2D eigenvalue weighted by atomic mass is 10.0. The Bertz CT molecular complexity index is 1020. The van der Waals surface area contributed by atoms with Crippen molar-refractivity contribution in [1.82, 2.24) is 4.98 Å². The number of benzene rings is 2. The molecule has 0 saturated carbocycles. The minimum atomic E-state index is -4.48. The number of anilines is 1.